The van der Waals surface area contributed by atoms with Gasteiger partial charge in [-0.15, -0.1) is 0 Å². The summed E-state index contributed by atoms with van der Waals surface area (Å²) in [6.07, 6.45) is 2.61. The summed E-state index contributed by atoms with van der Waals surface area (Å²) in [5.41, 5.74) is 0. The van der Waals surface area contributed by atoms with Crippen molar-refractivity contribution in [2.75, 3.05) is 6.54 Å². The van der Waals surface area contributed by atoms with E-state index < -0.39 is 35.4 Å². The highest BCUT2D eigenvalue weighted by Gasteiger charge is 2.51. The van der Waals surface area contributed by atoms with Crippen molar-refractivity contribution in [1.82, 2.24) is 4.90 Å². The maximum absolute atomic E-state index is 12.5. The number of carbonyl (C=O) groups is 3. The molecule has 124 valence electrons. The van der Waals surface area contributed by atoms with E-state index in [0.717, 1.165) is 4.90 Å². The molecule has 0 aromatic rings. The lowest BCUT2D eigenvalue weighted by molar-refractivity contribution is -0.259. The predicted octanol–water partition coefficient (Wildman–Crippen LogP) is 0.545. The molecule has 2 saturated heterocycles. The van der Waals surface area contributed by atoms with Crippen LogP contribution in [0, 0.1) is 5.92 Å². The average Bonchev–Trinajstić information content (AvgIpc) is 2.49. The van der Waals surface area contributed by atoms with Gasteiger partial charge in [0.25, 0.3) is 11.7 Å². The maximum atomic E-state index is 12.5. The van der Waals surface area contributed by atoms with E-state index in [2.05, 4.69) is 0 Å². The molecule has 1 amide bonds. The number of carbonyl (C=O) groups excluding carboxylic acids is 2. The Morgan fingerprint density at radius 2 is 1.82 bits per heavy atom. The highest BCUT2D eigenvalue weighted by molar-refractivity contribution is 6.39. The first kappa shape index (κ1) is 16.9. The first-order chi connectivity index (χ1) is 10.3. The van der Waals surface area contributed by atoms with Crippen molar-refractivity contribution < 1.29 is 29.3 Å². The van der Waals surface area contributed by atoms with Crippen LogP contribution in [0.1, 0.15) is 46.0 Å². The second-order valence-electron chi connectivity index (χ2n) is 6.28. The molecular weight excluding hydrogens is 290 g/mol. The van der Waals surface area contributed by atoms with E-state index in [4.69, 9.17) is 4.74 Å². The Bertz CT molecular complexity index is 479. The smallest absolute Gasteiger partial charge is 0.326 e. The van der Waals surface area contributed by atoms with Gasteiger partial charge < -0.3 is 19.8 Å². The van der Waals surface area contributed by atoms with Gasteiger partial charge in [0.15, 0.2) is 0 Å². The molecule has 0 radical (unpaired) electrons. The summed E-state index contributed by atoms with van der Waals surface area (Å²) in [4.78, 5) is 37.2. The number of aliphatic hydroxyl groups is 1. The van der Waals surface area contributed by atoms with E-state index in [-0.39, 0.29) is 12.6 Å². The first-order valence-corrected chi connectivity index (χ1v) is 7.75. The van der Waals surface area contributed by atoms with Crippen LogP contribution in [-0.4, -0.2) is 57.3 Å². The minimum atomic E-state index is -2.16. The van der Waals surface area contributed by atoms with Gasteiger partial charge in [0.1, 0.15) is 6.04 Å². The van der Waals surface area contributed by atoms with E-state index in [1.807, 2.05) is 0 Å². The number of nitrogens with zero attached hydrogens (tertiary/aromatic N) is 1. The van der Waals surface area contributed by atoms with Crippen molar-refractivity contribution in [1.29, 1.82) is 0 Å². The standard InChI is InChI=1S/C15H23NO6/c1-9-6-7-10(2)22-15(9,21)12(17)13(18)16-8-4-3-5-11(16)14(19)20/h9-11,21H,3-8H2,1-2H3,(H,19,20). The number of ether oxygens (including phenoxy) is 1. The fraction of sp³-hybridized carbons (Fsp3) is 0.800. The van der Waals surface area contributed by atoms with Crippen LogP contribution < -0.4 is 0 Å². The number of aliphatic carboxylic acids is 1. The van der Waals surface area contributed by atoms with Gasteiger partial charge in [0.05, 0.1) is 6.10 Å². The summed E-state index contributed by atoms with van der Waals surface area (Å²) >= 11 is 0. The van der Waals surface area contributed by atoms with Gasteiger partial charge in [-0.05, 0) is 39.0 Å². The number of Topliss-reactive ketones (excluding diaryl/α,β-unsaturated/α-hetero) is 1. The summed E-state index contributed by atoms with van der Waals surface area (Å²) in [7, 11) is 0. The predicted molar refractivity (Wildman–Crippen MR) is 75.9 cm³/mol. The highest BCUT2D eigenvalue weighted by Crippen LogP contribution is 2.33. The molecule has 0 saturated carbocycles. The van der Waals surface area contributed by atoms with Crippen LogP contribution in [0.25, 0.3) is 0 Å². The highest BCUT2D eigenvalue weighted by atomic mass is 16.6. The summed E-state index contributed by atoms with van der Waals surface area (Å²) in [5, 5.41) is 19.7. The zero-order valence-electron chi connectivity index (χ0n) is 12.9. The number of carboxylic acid groups (broad SMARTS) is 1. The lowest BCUT2D eigenvalue weighted by atomic mass is 9.87. The number of carboxylic acids is 1. The molecule has 2 aliphatic heterocycles. The molecule has 0 spiro atoms. The molecule has 2 aliphatic rings. The average molecular weight is 313 g/mol. The molecule has 4 unspecified atom stereocenters. The Kier molecular flexibility index (Phi) is 4.87. The number of likely N-dealkylation sites (tertiary alicyclic amines) is 1. The third-order valence-corrected chi connectivity index (χ3v) is 4.62. The lowest BCUT2D eigenvalue weighted by Crippen LogP contribution is -2.60. The van der Waals surface area contributed by atoms with E-state index >= 15 is 0 Å². The van der Waals surface area contributed by atoms with E-state index in [1.54, 1.807) is 13.8 Å². The third-order valence-electron chi connectivity index (χ3n) is 4.62. The van der Waals surface area contributed by atoms with Gasteiger partial charge in [0.2, 0.25) is 5.79 Å². The van der Waals surface area contributed by atoms with Gasteiger partial charge in [-0.2, -0.15) is 0 Å². The van der Waals surface area contributed by atoms with Crippen molar-refractivity contribution in [3.05, 3.63) is 0 Å². The zero-order valence-corrected chi connectivity index (χ0v) is 12.9. The minimum absolute atomic E-state index is 0.210. The minimum Gasteiger partial charge on any atom is -0.480 e. The molecule has 0 aliphatic carbocycles. The number of hydrogen-bond acceptors (Lipinski definition) is 5. The van der Waals surface area contributed by atoms with Crippen molar-refractivity contribution in [3.63, 3.8) is 0 Å². The van der Waals surface area contributed by atoms with Crippen molar-refractivity contribution in [2.24, 2.45) is 5.92 Å². The van der Waals surface area contributed by atoms with Crippen LogP contribution in [0.4, 0.5) is 0 Å². The molecular formula is C15H23NO6. The maximum Gasteiger partial charge on any atom is 0.326 e. The molecule has 4 atom stereocenters. The number of amides is 1. The Balaban J connectivity index is 2.20. The van der Waals surface area contributed by atoms with E-state index in [1.165, 1.54) is 0 Å². The van der Waals surface area contributed by atoms with Crippen molar-refractivity contribution in [3.8, 4) is 0 Å². The molecule has 22 heavy (non-hydrogen) atoms. The van der Waals surface area contributed by atoms with Gasteiger partial charge in [-0.3, -0.25) is 9.59 Å². The fourth-order valence-electron chi connectivity index (χ4n) is 3.15. The first-order valence-electron chi connectivity index (χ1n) is 7.75. The zero-order chi connectivity index (χ0) is 16.5. The number of hydrogen-bond donors (Lipinski definition) is 2. The lowest BCUT2D eigenvalue weighted by Gasteiger charge is -2.41. The summed E-state index contributed by atoms with van der Waals surface area (Å²) in [6.45, 7) is 3.60. The quantitative estimate of drug-likeness (QED) is 0.737. The normalized spacial score (nSPS) is 36.0. The van der Waals surface area contributed by atoms with Crippen LogP contribution in [0.5, 0.6) is 0 Å². The Hall–Kier alpha value is -1.47. The molecule has 0 aromatic carbocycles. The molecule has 2 fully saturated rings. The largest absolute Gasteiger partial charge is 0.480 e. The summed E-state index contributed by atoms with van der Waals surface area (Å²) in [6, 6.07) is -1.01. The second-order valence-corrected chi connectivity index (χ2v) is 6.28. The van der Waals surface area contributed by atoms with Crippen LogP contribution in [0.15, 0.2) is 0 Å². The molecule has 7 nitrogen and oxygen atoms in total. The van der Waals surface area contributed by atoms with Gasteiger partial charge in [-0.25, -0.2) is 4.79 Å². The van der Waals surface area contributed by atoms with Crippen LogP contribution in [0.3, 0.4) is 0 Å². The SMILES string of the molecule is CC1CCC(C)C(O)(C(=O)C(=O)N2CCCCC2C(=O)O)O1. The van der Waals surface area contributed by atoms with Crippen LogP contribution >= 0.6 is 0 Å². The molecule has 0 aromatic heterocycles. The summed E-state index contributed by atoms with van der Waals surface area (Å²) in [5.74, 6) is -5.81. The fourth-order valence-corrected chi connectivity index (χ4v) is 3.15. The molecule has 2 rings (SSSR count). The van der Waals surface area contributed by atoms with Gasteiger partial charge >= 0.3 is 5.97 Å². The van der Waals surface area contributed by atoms with E-state index in [0.29, 0.717) is 32.1 Å². The molecule has 7 heteroatoms. The van der Waals surface area contributed by atoms with Crippen LogP contribution in [-0.2, 0) is 19.1 Å². The van der Waals surface area contributed by atoms with E-state index in [9.17, 15) is 24.6 Å². The molecule has 0 bridgehead atoms. The number of rotatable bonds is 3. The number of piperidine rings is 1. The third kappa shape index (κ3) is 3.01. The Labute approximate surface area is 129 Å². The second kappa shape index (κ2) is 6.34. The van der Waals surface area contributed by atoms with Crippen molar-refractivity contribution in [2.45, 2.75) is 63.9 Å². The number of ketones is 1. The monoisotopic (exact) mass is 313 g/mol. The van der Waals surface area contributed by atoms with Gasteiger partial charge in [0, 0.05) is 12.5 Å². The Morgan fingerprint density at radius 1 is 1.14 bits per heavy atom. The Morgan fingerprint density at radius 3 is 2.45 bits per heavy atom. The van der Waals surface area contributed by atoms with Crippen LogP contribution in [0.2, 0.25) is 0 Å². The molecule has 2 heterocycles. The summed E-state index contributed by atoms with van der Waals surface area (Å²) < 4.78 is 5.37. The van der Waals surface area contributed by atoms with Gasteiger partial charge in [-0.1, -0.05) is 6.92 Å². The molecule has 2 N–H and O–H groups in total. The topological polar surface area (TPSA) is 104 Å². The van der Waals surface area contributed by atoms with Crippen molar-refractivity contribution >= 4 is 17.7 Å².